The summed E-state index contributed by atoms with van der Waals surface area (Å²) < 4.78 is 0. The lowest BCUT2D eigenvalue weighted by Gasteiger charge is -2.24. The van der Waals surface area contributed by atoms with Crippen LogP contribution in [0, 0.1) is 5.92 Å². The average molecular weight is 322 g/mol. The molecule has 7 nitrogen and oxygen atoms in total. The van der Waals surface area contributed by atoms with Crippen LogP contribution in [-0.2, 0) is 25.6 Å². The first-order valence-corrected chi connectivity index (χ1v) is 7.45. The highest BCUT2D eigenvalue weighted by molar-refractivity contribution is 5.90. The van der Waals surface area contributed by atoms with Gasteiger partial charge in [-0.25, -0.2) is 4.79 Å². The molecule has 0 aliphatic heterocycles. The Balaban J connectivity index is 2.73. The number of carbonyl (C=O) groups is 3. The van der Waals surface area contributed by atoms with E-state index in [1.54, 1.807) is 19.1 Å². The number of carbonyl (C=O) groups excluding carboxylic acids is 2. The second-order valence-electron chi connectivity index (χ2n) is 5.12. The molecule has 1 rings (SSSR count). The number of nitrogen functional groups attached to an aromatic ring is 1. The number of hydroxylamine groups is 2. The van der Waals surface area contributed by atoms with E-state index in [2.05, 4.69) is 0 Å². The highest BCUT2D eigenvalue weighted by Crippen LogP contribution is 2.17. The molecule has 1 aromatic rings. The van der Waals surface area contributed by atoms with Crippen molar-refractivity contribution in [1.29, 1.82) is 0 Å². The van der Waals surface area contributed by atoms with Crippen LogP contribution in [0.5, 0.6) is 0 Å². The SMILES string of the molecule is CCC(Cc1ccc(N)cc1)C(=O)N(CC)OC(=O)CC(=O)O. The highest BCUT2D eigenvalue weighted by atomic mass is 16.7. The van der Waals surface area contributed by atoms with Crippen LogP contribution in [-0.4, -0.2) is 34.6 Å². The van der Waals surface area contributed by atoms with E-state index >= 15 is 0 Å². The van der Waals surface area contributed by atoms with Gasteiger partial charge in [-0.2, -0.15) is 5.06 Å². The molecule has 0 fully saturated rings. The predicted molar refractivity (Wildman–Crippen MR) is 84.1 cm³/mol. The van der Waals surface area contributed by atoms with Crippen LogP contribution in [0.3, 0.4) is 0 Å². The van der Waals surface area contributed by atoms with Crippen LogP contribution in [0.2, 0.25) is 0 Å². The molecule has 1 aromatic carbocycles. The molecule has 1 amide bonds. The van der Waals surface area contributed by atoms with Crippen LogP contribution >= 0.6 is 0 Å². The first-order chi connectivity index (χ1) is 10.9. The fraction of sp³-hybridized carbons (Fsp3) is 0.438. The molecule has 1 atom stereocenters. The molecule has 3 N–H and O–H groups in total. The number of hydrogen-bond donors (Lipinski definition) is 2. The molecule has 126 valence electrons. The number of carboxylic acid groups (broad SMARTS) is 1. The fourth-order valence-corrected chi connectivity index (χ4v) is 2.09. The second kappa shape index (κ2) is 8.77. The van der Waals surface area contributed by atoms with Gasteiger partial charge in [-0.05, 0) is 37.5 Å². The van der Waals surface area contributed by atoms with Crippen LogP contribution in [0.25, 0.3) is 0 Å². The van der Waals surface area contributed by atoms with Crippen molar-refractivity contribution >= 4 is 23.5 Å². The summed E-state index contributed by atoms with van der Waals surface area (Å²) in [5.74, 6) is -2.97. The Bertz CT molecular complexity index is 556. The molecule has 0 saturated carbocycles. The normalized spacial score (nSPS) is 11.6. The number of amides is 1. The number of anilines is 1. The summed E-state index contributed by atoms with van der Waals surface area (Å²) in [6, 6.07) is 7.21. The van der Waals surface area contributed by atoms with Crippen molar-refractivity contribution in [2.45, 2.75) is 33.1 Å². The van der Waals surface area contributed by atoms with Crippen molar-refractivity contribution < 1.29 is 24.3 Å². The maximum Gasteiger partial charge on any atom is 0.343 e. The maximum atomic E-state index is 12.5. The van der Waals surface area contributed by atoms with E-state index in [-0.39, 0.29) is 18.4 Å². The summed E-state index contributed by atoms with van der Waals surface area (Å²) in [7, 11) is 0. The second-order valence-corrected chi connectivity index (χ2v) is 5.12. The first kappa shape index (κ1) is 18.5. The van der Waals surface area contributed by atoms with E-state index < -0.39 is 18.4 Å². The van der Waals surface area contributed by atoms with Gasteiger partial charge in [-0.3, -0.25) is 9.59 Å². The Morgan fingerprint density at radius 3 is 2.30 bits per heavy atom. The van der Waals surface area contributed by atoms with E-state index in [0.29, 0.717) is 18.5 Å². The van der Waals surface area contributed by atoms with Gasteiger partial charge < -0.3 is 15.7 Å². The van der Waals surface area contributed by atoms with Crippen LogP contribution in [0.1, 0.15) is 32.3 Å². The molecule has 0 aromatic heterocycles. The van der Waals surface area contributed by atoms with E-state index in [1.807, 2.05) is 19.1 Å². The molecule has 0 radical (unpaired) electrons. The average Bonchev–Trinajstić information content (AvgIpc) is 2.50. The van der Waals surface area contributed by atoms with Gasteiger partial charge in [-0.1, -0.05) is 19.1 Å². The van der Waals surface area contributed by atoms with Gasteiger partial charge in [0.15, 0.2) is 0 Å². The molecular formula is C16H22N2O5. The summed E-state index contributed by atoms with van der Waals surface area (Å²) in [4.78, 5) is 39.2. The minimum absolute atomic E-state index is 0.155. The van der Waals surface area contributed by atoms with Crippen LogP contribution in [0.15, 0.2) is 24.3 Å². The Labute approximate surface area is 135 Å². The first-order valence-electron chi connectivity index (χ1n) is 7.45. The standard InChI is InChI=1S/C16H22N2O5/c1-3-12(9-11-5-7-13(17)8-6-11)16(22)18(4-2)23-15(21)10-14(19)20/h5-8,12H,3-4,9-10,17H2,1-2H3,(H,19,20). The molecule has 7 heteroatoms. The van der Waals surface area contributed by atoms with E-state index in [4.69, 9.17) is 15.7 Å². The Kier molecular flexibility index (Phi) is 7.05. The minimum Gasteiger partial charge on any atom is -0.481 e. The number of nitrogens with two attached hydrogens (primary N) is 1. The van der Waals surface area contributed by atoms with E-state index in [0.717, 1.165) is 10.6 Å². The van der Waals surface area contributed by atoms with Gasteiger partial charge >= 0.3 is 11.9 Å². The summed E-state index contributed by atoms with van der Waals surface area (Å²) in [5, 5.41) is 9.49. The molecule has 1 unspecified atom stereocenters. The third-order valence-corrected chi connectivity index (χ3v) is 3.34. The lowest BCUT2D eigenvalue weighted by molar-refractivity contribution is -0.201. The molecule has 0 spiro atoms. The fourth-order valence-electron chi connectivity index (χ4n) is 2.09. The molecule has 23 heavy (non-hydrogen) atoms. The van der Waals surface area contributed by atoms with Gasteiger partial charge in [0, 0.05) is 11.6 Å². The van der Waals surface area contributed by atoms with E-state index in [9.17, 15) is 14.4 Å². The zero-order chi connectivity index (χ0) is 17.4. The number of benzene rings is 1. The lowest BCUT2D eigenvalue weighted by atomic mass is 9.96. The number of carboxylic acids is 1. The highest BCUT2D eigenvalue weighted by Gasteiger charge is 2.26. The summed E-state index contributed by atoms with van der Waals surface area (Å²) in [6.45, 7) is 3.68. The summed E-state index contributed by atoms with van der Waals surface area (Å²) >= 11 is 0. The largest absolute Gasteiger partial charge is 0.481 e. The predicted octanol–water partition coefficient (Wildman–Crippen LogP) is 1.62. The van der Waals surface area contributed by atoms with Crippen LogP contribution in [0.4, 0.5) is 5.69 Å². The van der Waals surface area contributed by atoms with Crippen molar-refractivity contribution in [3.63, 3.8) is 0 Å². The third-order valence-electron chi connectivity index (χ3n) is 3.34. The van der Waals surface area contributed by atoms with Gasteiger partial charge in [0.25, 0.3) is 5.91 Å². The molecule has 0 bridgehead atoms. The summed E-state index contributed by atoms with van der Waals surface area (Å²) in [5.41, 5.74) is 7.23. The number of aliphatic carboxylic acids is 1. The molecular weight excluding hydrogens is 300 g/mol. The Hall–Kier alpha value is -2.57. The molecule has 0 heterocycles. The van der Waals surface area contributed by atoms with Gasteiger partial charge in [-0.15, -0.1) is 0 Å². The van der Waals surface area contributed by atoms with Gasteiger partial charge in [0.05, 0.1) is 6.54 Å². The molecule has 0 aliphatic rings. The minimum atomic E-state index is -1.30. The van der Waals surface area contributed by atoms with E-state index in [1.165, 1.54) is 0 Å². The summed E-state index contributed by atoms with van der Waals surface area (Å²) in [6.07, 6.45) is 0.275. The van der Waals surface area contributed by atoms with Crippen molar-refractivity contribution in [2.75, 3.05) is 12.3 Å². The van der Waals surface area contributed by atoms with Crippen molar-refractivity contribution in [3.05, 3.63) is 29.8 Å². The van der Waals surface area contributed by atoms with Gasteiger partial charge in [0.2, 0.25) is 0 Å². The number of rotatable bonds is 7. The van der Waals surface area contributed by atoms with Crippen LogP contribution < -0.4 is 5.73 Å². The van der Waals surface area contributed by atoms with Crippen molar-refractivity contribution in [2.24, 2.45) is 5.92 Å². The topological polar surface area (TPSA) is 110 Å². The lowest BCUT2D eigenvalue weighted by Crippen LogP contribution is -2.38. The Morgan fingerprint density at radius 1 is 1.22 bits per heavy atom. The number of hydrogen-bond acceptors (Lipinski definition) is 5. The molecule has 0 aliphatic carbocycles. The number of nitrogens with zero attached hydrogens (tertiary/aromatic N) is 1. The third kappa shape index (κ3) is 5.98. The Morgan fingerprint density at radius 2 is 1.83 bits per heavy atom. The zero-order valence-corrected chi connectivity index (χ0v) is 13.3. The zero-order valence-electron chi connectivity index (χ0n) is 13.3. The van der Waals surface area contributed by atoms with Crippen molar-refractivity contribution in [3.8, 4) is 0 Å². The maximum absolute atomic E-state index is 12.5. The smallest absolute Gasteiger partial charge is 0.343 e. The monoisotopic (exact) mass is 322 g/mol. The molecule has 0 saturated heterocycles. The van der Waals surface area contributed by atoms with Gasteiger partial charge in [0.1, 0.15) is 6.42 Å². The quantitative estimate of drug-likeness (QED) is 0.448. The van der Waals surface area contributed by atoms with Crippen molar-refractivity contribution in [1.82, 2.24) is 5.06 Å².